The van der Waals surface area contributed by atoms with Crippen molar-refractivity contribution in [2.75, 3.05) is 14.2 Å². The molecule has 0 radical (unpaired) electrons. The topological polar surface area (TPSA) is 71.1 Å². The van der Waals surface area contributed by atoms with Crippen LogP contribution in [0.3, 0.4) is 0 Å². The van der Waals surface area contributed by atoms with Gasteiger partial charge in [-0.3, -0.25) is 9.59 Å². The number of methoxy groups -OCH3 is 2. The highest BCUT2D eigenvalue weighted by molar-refractivity contribution is 5.75. The van der Waals surface area contributed by atoms with Gasteiger partial charge < -0.3 is 18.9 Å². The minimum Gasteiger partial charge on any atom is -0.426 e. The molecule has 2 aliphatic rings. The maximum absolute atomic E-state index is 12.4. The second-order valence-corrected chi connectivity index (χ2v) is 9.56. The second kappa shape index (κ2) is 12.7. The summed E-state index contributed by atoms with van der Waals surface area (Å²) in [4.78, 5) is 24.9. The maximum atomic E-state index is 12.4. The van der Waals surface area contributed by atoms with Gasteiger partial charge in [0.25, 0.3) is 0 Å². The molecule has 4 rings (SSSR count). The monoisotopic (exact) mass is 490 g/mol. The fraction of sp³-hybridized carbons (Fsp3) is 0.467. The van der Waals surface area contributed by atoms with E-state index in [4.69, 9.17) is 18.9 Å². The van der Waals surface area contributed by atoms with E-state index in [-0.39, 0.29) is 36.0 Å². The predicted octanol–water partition coefficient (Wildman–Crippen LogP) is 5.31. The van der Waals surface area contributed by atoms with Crippen LogP contribution in [-0.2, 0) is 19.1 Å². The van der Waals surface area contributed by atoms with Gasteiger partial charge in [-0.1, -0.05) is 11.8 Å². The lowest BCUT2D eigenvalue weighted by atomic mass is 9.87. The lowest BCUT2D eigenvalue weighted by Crippen LogP contribution is -2.28. The van der Waals surface area contributed by atoms with Crippen LogP contribution < -0.4 is 9.47 Å². The van der Waals surface area contributed by atoms with Crippen LogP contribution in [0.25, 0.3) is 0 Å². The Morgan fingerprint density at radius 1 is 0.583 bits per heavy atom. The number of carbonyl (C=O) groups is 2. The molecule has 0 spiro atoms. The van der Waals surface area contributed by atoms with Gasteiger partial charge >= 0.3 is 11.9 Å². The van der Waals surface area contributed by atoms with E-state index in [1.807, 2.05) is 24.3 Å². The first-order valence-corrected chi connectivity index (χ1v) is 12.7. The van der Waals surface area contributed by atoms with E-state index >= 15 is 0 Å². The second-order valence-electron chi connectivity index (χ2n) is 9.56. The van der Waals surface area contributed by atoms with Crippen LogP contribution in [0, 0.1) is 23.7 Å². The molecule has 6 heteroatoms. The van der Waals surface area contributed by atoms with Gasteiger partial charge in [-0.25, -0.2) is 0 Å². The standard InChI is InChI=1S/C30H34O6/c1-33-25-17-9-23(10-18-25)29(31)35-27-13-5-21(6-14-27)3-4-22-7-15-28(16-8-22)36-30(32)24-11-19-26(34-2)20-12-24/h5-8,13-16,23-26H,9-12,17-20H2,1-2H3. The molecular weight excluding hydrogens is 456 g/mol. The van der Waals surface area contributed by atoms with Crippen LogP contribution in [0.5, 0.6) is 11.5 Å². The molecule has 0 bridgehead atoms. The number of esters is 2. The van der Waals surface area contributed by atoms with Crippen molar-refractivity contribution >= 4 is 11.9 Å². The fourth-order valence-corrected chi connectivity index (χ4v) is 4.82. The zero-order chi connectivity index (χ0) is 25.3. The van der Waals surface area contributed by atoms with Crippen LogP contribution in [0.4, 0.5) is 0 Å². The summed E-state index contributed by atoms with van der Waals surface area (Å²) in [6, 6.07) is 14.4. The van der Waals surface area contributed by atoms with E-state index in [9.17, 15) is 9.59 Å². The van der Waals surface area contributed by atoms with Crippen molar-refractivity contribution in [2.45, 2.75) is 63.6 Å². The zero-order valence-corrected chi connectivity index (χ0v) is 21.0. The molecular formula is C30H34O6. The van der Waals surface area contributed by atoms with Gasteiger partial charge in [0.05, 0.1) is 24.0 Å². The molecule has 190 valence electrons. The van der Waals surface area contributed by atoms with Crippen LogP contribution in [0.2, 0.25) is 0 Å². The smallest absolute Gasteiger partial charge is 0.314 e. The van der Waals surface area contributed by atoms with Gasteiger partial charge in [0.15, 0.2) is 0 Å². The van der Waals surface area contributed by atoms with Crippen molar-refractivity contribution in [2.24, 2.45) is 11.8 Å². The van der Waals surface area contributed by atoms with E-state index in [0.29, 0.717) is 11.5 Å². The summed E-state index contributed by atoms with van der Waals surface area (Å²) in [5.41, 5.74) is 1.63. The molecule has 36 heavy (non-hydrogen) atoms. The lowest BCUT2D eigenvalue weighted by molar-refractivity contribution is -0.141. The summed E-state index contributed by atoms with van der Waals surface area (Å²) < 4.78 is 21.9. The molecule has 0 N–H and O–H groups in total. The summed E-state index contributed by atoms with van der Waals surface area (Å²) in [6.07, 6.45) is 7.28. The first kappa shape index (κ1) is 25.9. The number of benzene rings is 2. The number of rotatable bonds is 6. The van der Waals surface area contributed by atoms with Crippen molar-refractivity contribution in [3.05, 3.63) is 59.7 Å². The molecule has 2 saturated carbocycles. The quantitative estimate of drug-likeness (QED) is 0.311. The van der Waals surface area contributed by atoms with Crippen molar-refractivity contribution in [1.82, 2.24) is 0 Å². The third-order valence-corrected chi connectivity index (χ3v) is 7.18. The van der Waals surface area contributed by atoms with Gasteiger partial charge in [-0.05, 0) is 99.9 Å². The van der Waals surface area contributed by atoms with Crippen molar-refractivity contribution in [3.8, 4) is 23.3 Å². The van der Waals surface area contributed by atoms with Crippen molar-refractivity contribution in [3.63, 3.8) is 0 Å². The highest BCUT2D eigenvalue weighted by Crippen LogP contribution is 2.28. The van der Waals surface area contributed by atoms with Crippen LogP contribution >= 0.6 is 0 Å². The lowest BCUT2D eigenvalue weighted by Gasteiger charge is -2.26. The SMILES string of the molecule is COC1CCC(C(=O)Oc2ccc(C#Cc3ccc(OC(=O)C4CCC(OC)CC4)cc3)cc2)CC1. The Kier molecular flexibility index (Phi) is 9.16. The summed E-state index contributed by atoms with van der Waals surface area (Å²) >= 11 is 0. The Bertz CT molecular complexity index is 978. The highest BCUT2D eigenvalue weighted by Gasteiger charge is 2.28. The Labute approximate surface area is 213 Å². The average molecular weight is 491 g/mol. The van der Waals surface area contributed by atoms with Gasteiger partial charge in [-0.15, -0.1) is 0 Å². The summed E-state index contributed by atoms with van der Waals surface area (Å²) in [5, 5.41) is 0. The molecule has 0 heterocycles. The predicted molar refractivity (Wildman–Crippen MR) is 136 cm³/mol. The molecule has 0 aromatic heterocycles. The number of ether oxygens (including phenoxy) is 4. The third-order valence-electron chi connectivity index (χ3n) is 7.18. The van der Waals surface area contributed by atoms with E-state index < -0.39 is 0 Å². The third kappa shape index (κ3) is 7.19. The van der Waals surface area contributed by atoms with Crippen molar-refractivity contribution in [1.29, 1.82) is 0 Å². The minimum absolute atomic E-state index is 0.0659. The van der Waals surface area contributed by atoms with Gasteiger partial charge in [-0.2, -0.15) is 0 Å². The van der Waals surface area contributed by atoms with E-state index in [1.165, 1.54) is 0 Å². The first-order chi connectivity index (χ1) is 17.5. The Balaban J connectivity index is 1.25. The van der Waals surface area contributed by atoms with Gasteiger partial charge in [0.1, 0.15) is 11.5 Å². The maximum Gasteiger partial charge on any atom is 0.314 e. The molecule has 6 nitrogen and oxygen atoms in total. The van der Waals surface area contributed by atoms with Crippen LogP contribution in [0.15, 0.2) is 48.5 Å². The average Bonchev–Trinajstić information content (AvgIpc) is 2.93. The number of hydrogen-bond acceptors (Lipinski definition) is 6. The molecule has 0 amide bonds. The number of carbonyl (C=O) groups excluding carboxylic acids is 2. The Morgan fingerprint density at radius 2 is 0.917 bits per heavy atom. The number of hydrogen-bond donors (Lipinski definition) is 0. The summed E-state index contributed by atoms with van der Waals surface area (Å²) in [7, 11) is 3.44. The molecule has 0 aliphatic heterocycles. The van der Waals surface area contributed by atoms with Crippen LogP contribution in [-0.4, -0.2) is 38.4 Å². The van der Waals surface area contributed by atoms with E-state index in [1.54, 1.807) is 38.5 Å². The molecule has 0 unspecified atom stereocenters. The normalized spacial score (nSPS) is 23.7. The molecule has 2 aliphatic carbocycles. The highest BCUT2D eigenvalue weighted by atomic mass is 16.5. The van der Waals surface area contributed by atoms with Gasteiger partial charge in [0.2, 0.25) is 0 Å². The first-order valence-electron chi connectivity index (χ1n) is 12.7. The molecule has 0 saturated heterocycles. The Hall–Kier alpha value is -3.14. The van der Waals surface area contributed by atoms with Crippen molar-refractivity contribution < 1.29 is 28.5 Å². The molecule has 2 fully saturated rings. The zero-order valence-electron chi connectivity index (χ0n) is 21.0. The fourth-order valence-electron chi connectivity index (χ4n) is 4.82. The van der Waals surface area contributed by atoms with Gasteiger partial charge in [0, 0.05) is 25.3 Å². The summed E-state index contributed by atoms with van der Waals surface area (Å²) in [5.74, 6) is 6.81. The van der Waals surface area contributed by atoms with Crippen LogP contribution in [0.1, 0.15) is 62.5 Å². The van der Waals surface area contributed by atoms with E-state index in [0.717, 1.165) is 62.5 Å². The summed E-state index contributed by atoms with van der Waals surface area (Å²) in [6.45, 7) is 0. The molecule has 2 aromatic carbocycles. The van der Waals surface area contributed by atoms with E-state index in [2.05, 4.69) is 11.8 Å². The Morgan fingerprint density at radius 3 is 1.22 bits per heavy atom. The largest absolute Gasteiger partial charge is 0.426 e. The molecule has 0 atom stereocenters. The minimum atomic E-state index is -0.174. The molecule has 2 aromatic rings.